The number of nitro groups is 1. The zero-order valence-corrected chi connectivity index (χ0v) is 13.0. The summed E-state index contributed by atoms with van der Waals surface area (Å²) in [6, 6.07) is 5.11. The summed E-state index contributed by atoms with van der Waals surface area (Å²) in [4.78, 5) is 10.7. The van der Waals surface area contributed by atoms with Gasteiger partial charge in [-0.05, 0) is 31.1 Å². The minimum Gasteiger partial charge on any atom is -0.382 e. The molecule has 5 nitrogen and oxygen atoms in total. The third-order valence-electron chi connectivity index (χ3n) is 4.60. The Morgan fingerprint density at radius 2 is 2.10 bits per heavy atom. The van der Waals surface area contributed by atoms with E-state index in [9.17, 15) is 10.1 Å². The first-order chi connectivity index (χ1) is 10.0. The zero-order valence-electron chi connectivity index (χ0n) is 13.0. The lowest BCUT2D eigenvalue weighted by atomic mass is 9.80. The molecule has 1 saturated carbocycles. The van der Waals surface area contributed by atoms with Crippen molar-refractivity contribution in [3.8, 4) is 0 Å². The quantitative estimate of drug-likeness (QED) is 0.658. The number of nitro benzene ring substituents is 1. The average Bonchev–Trinajstić information content (AvgIpc) is 2.47. The van der Waals surface area contributed by atoms with Crippen LogP contribution in [0.3, 0.4) is 0 Å². The van der Waals surface area contributed by atoms with Crippen molar-refractivity contribution in [3.63, 3.8) is 0 Å². The maximum absolute atomic E-state index is 11.0. The van der Waals surface area contributed by atoms with Gasteiger partial charge >= 0.3 is 0 Å². The highest BCUT2D eigenvalue weighted by Crippen LogP contribution is 2.33. The van der Waals surface area contributed by atoms with Gasteiger partial charge in [0.05, 0.1) is 17.6 Å². The molecule has 0 aromatic heterocycles. The number of benzene rings is 1. The second-order valence-corrected chi connectivity index (χ2v) is 6.02. The van der Waals surface area contributed by atoms with Crippen LogP contribution in [0.15, 0.2) is 18.2 Å². The summed E-state index contributed by atoms with van der Waals surface area (Å²) in [5.41, 5.74) is 1.50. The van der Waals surface area contributed by atoms with Crippen molar-refractivity contribution in [2.45, 2.75) is 45.8 Å². The van der Waals surface area contributed by atoms with Crippen molar-refractivity contribution in [2.75, 3.05) is 12.4 Å². The van der Waals surface area contributed by atoms with Crippen molar-refractivity contribution >= 4 is 11.4 Å². The number of nitrogens with one attached hydrogen (secondary N) is 1. The Kier molecular flexibility index (Phi) is 5.17. The van der Waals surface area contributed by atoms with Crippen LogP contribution in [0.2, 0.25) is 0 Å². The van der Waals surface area contributed by atoms with Crippen LogP contribution in [0.5, 0.6) is 0 Å². The average molecular weight is 292 g/mol. The van der Waals surface area contributed by atoms with Gasteiger partial charge < -0.3 is 10.1 Å². The Balaban J connectivity index is 2.03. The van der Waals surface area contributed by atoms with E-state index in [1.807, 2.05) is 6.07 Å². The molecule has 1 aliphatic rings. The molecular formula is C16H24N2O3. The third kappa shape index (κ3) is 3.73. The van der Waals surface area contributed by atoms with Crippen LogP contribution < -0.4 is 5.32 Å². The molecule has 0 saturated heterocycles. The van der Waals surface area contributed by atoms with Gasteiger partial charge in [-0.2, -0.15) is 0 Å². The number of nitrogens with zero attached hydrogens (tertiary/aromatic N) is 1. The van der Waals surface area contributed by atoms with E-state index in [2.05, 4.69) is 19.2 Å². The Bertz CT molecular complexity index is 504. The van der Waals surface area contributed by atoms with Crippen molar-refractivity contribution < 1.29 is 9.66 Å². The smallest absolute Gasteiger partial charge is 0.292 e. The van der Waals surface area contributed by atoms with E-state index in [1.54, 1.807) is 13.1 Å². The molecule has 0 radical (unpaired) electrons. The van der Waals surface area contributed by atoms with Crippen molar-refractivity contribution in [2.24, 2.45) is 11.8 Å². The SMILES string of the molecule is CNc1c(COC2CCC(C)C(C)C2)cccc1[N+](=O)[O-]. The Morgan fingerprint density at radius 1 is 1.33 bits per heavy atom. The molecule has 3 atom stereocenters. The summed E-state index contributed by atoms with van der Waals surface area (Å²) in [6.07, 6.45) is 3.61. The summed E-state index contributed by atoms with van der Waals surface area (Å²) in [5, 5.41) is 14.0. The predicted octanol–water partition coefficient (Wildman–Crippen LogP) is 3.98. The molecule has 1 aliphatic carbocycles. The van der Waals surface area contributed by atoms with Gasteiger partial charge in [-0.25, -0.2) is 0 Å². The number of ether oxygens (including phenoxy) is 1. The molecule has 1 N–H and O–H groups in total. The molecule has 1 aromatic rings. The van der Waals surface area contributed by atoms with E-state index in [-0.39, 0.29) is 16.7 Å². The van der Waals surface area contributed by atoms with Crippen molar-refractivity contribution in [1.82, 2.24) is 0 Å². The molecule has 116 valence electrons. The number of hydrogen-bond donors (Lipinski definition) is 1. The van der Waals surface area contributed by atoms with Crippen LogP contribution in [0.25, 0.3) is 0 Å². The lowest BCUT2D eigenvalue weighted by Gasteiger charge is -2.32. The van der Waals surface area contributed by atoms with Crippen LogP contribution in [-0.4, -0.2) is 18.1 Å². The molecule has 0 spiro atoms. The van der Waals surface area contributed by atoms with Gasteiger partial charge in [0.1, 0.15) is 5.69 Å². The number of hydrogen-bond acceptors (Lipinski definition) is 4. The summed E-state index contributed by atoms with van der Waals surface area (Å²) < 4.78 is 6.00. The first kappa shape index (κ1) is 15.8. The molecular weight excluding hydrogens is 268 g/mol. The number of anilines is 1. The highest BCUT2D eigenvalue weighted by molar-refractivity contribution is 5.65. The van der Waals surface area contributed by atoms with Gasteiger partial charge in [-0.1, -0.05) is 26.0 Å². The molecule has 21 heavy (non-hydrogen) atoms. The van der Waals surface area contributed by atoms with E-state index in [1.165, 1.54) is 12.5 Å². The predicted molar refractivity (Wildman–Crippen MR) is 83.4 cm³/mol. The van der Waals surface area contributed by atoms with Crippen LogP contribution >= 0.6 is 0 Å². The molecule has 0 bridgehead atoms. The summed E-state index contributed by atoms with van der Waals surface area (Å²) in [6.45, 7) is 4.98. The number of para-hydroxylation sites is 1. The standard InChI is InChI=1S/C16H24N2O3/c1-11-7-8-14(9-12(11)2)21-10-13-5-4-6-15(18(19)20)16(13)17-3/h4-6,11-12,14,17H,7-10H2,1-3H3. The Morgan fingerprint density at radius 3 is 2.71 bits per heavy atom. The highest BCUT2D eigenvalue weighted by atomic mass is 16.6. The van der Waals surface area contributed by atoms with E-state index in [0.717, 1.165) is 24.3 Å². The van der Waals surface area contributed by atoms with E-state index < -0.39 is 0 Å². The normalized spacial score (nSPS) is 25.6. The Labute approximate surface area is 125 Å². The summed E-state index contributed by atoms with van der Waals surface area (Å²) in [5.74, 6) is 1.44. The second kappa shape index (κ2) is 6.89. The fourth-order valence-electron chi connectivity index (χ4n) is 3.00. The van der Waals surface area contributed by atoms with Crippen molar-refractivity contribution in [1.29, 1.82) is 0 Å². The monoisotopic (exact) mass is 292 g/mol. The maximum atomic E-state index is 11.0. The lowest BCUT2D eigenvalue weighted by molar-refractivity contribution is -0.384. The molecule has 1 fully saturated rings. The van der Waals surface area contributed by atoms with Crippen LogP contribution in [-0.2, 0) is 11.3 Å². The largest absolute Gasteiger partial charge is 0.382 e. The fraction of sp³-hybridized carbons (Fsp3) is 0.625. The topological polar surface area (TPSA) is 64.4 Å². The third-order valence-corrected chi connectivity index (χ3v) is 4.60. The zero-order chi connectivity index (χ0) is 15.4. The molecule has 0 amide bonds. The Hall–Kier alpha value is -1.62. The van der Waals surface area contributed by atoms with Crippen LogP contribution in [0, 0.1) is 22.0 Å². The van der Waals surface area contributed by atoms with E-state index >= 15 is 0 Å². The molecule has 5 heteroatoms. The molecule has 0 aliphatic heterocycles. The molecule has 2 rings (SSSR count). The first-order valence-electron chi connectivity index (χ1n) is 7.58. The molecule has 1 aromatic carbocycles. The van der Waals surface area contributed by atoms with E-state index in [0.29, 0.717) is 18.2 Å². The molecule has 0 heterocycles. The lowest BCUT2D eigenvalue weighted by Crippen LogP contribution is -2.26. The van der Waals surface area contributed by atoms with Gasteiger partial charge in [0, 0.05) is 18.7 Å². The van der Waals surface area contributed by atoms with Crippen LogP contribution in [0.4, 0.5) is 11.4 Å². The van der Waals surface area contributed by atoms with Gasteiger partial charge in [-0.3, -0.25) is 10.1 Å². The van der Waals surface area contributed by atoms with E-state index in [4.69, 9.17) is 4.74 Å². The minimum atomic E-state index is -0.361. The molecule has 3 unspecified atom stereocenters. The maximum Gasteiger partial charge on any atom is 0.292 e. The highest BCUT2D eigenvalue weighted by Gasteiger charge is 2.25. The number of rotatable bonds is 5. The first-order valence-corrected chi connectivity index (χ1v) is 7.58. The van der Waals surface area contributed by atoms with Gasteiger partial charge in [0.15, 0.2) is 0 Å². The minimum absolute atomic E-state index is 0.101. The van der Waals surface area contributed by atoms with Crippen molar-refractivity contribution in [3.05, 3.63) is 33.9 Å². The van der Waals surface area contributed by atoms with Gasteiger partial charge in [0.2, 0.25) is 0 Å². The van der Waals surface area contributed by atoms with Crippen LogP contribution in [0.1, 0.15) is 38.7 Å². The van der Waals surface area contributed by atoms with Gasteiger partial charge in [0.25, 0.3) is 5.69 Å². The summed E-state index contributed by atoms with van der Waals surface area (Å²) in [7, 11) is 1.70. The fourth-order valence-corrected chi connectivity index (χ4v) is 3.00. The van der Waals surface area contributed by atoms with Gasteiger partial charge in [-0.15, -0.1) is 0 Å². The summed E-state index contributed by atoms with van der Waals surface area (Å²) >= 11 is 0. The second-order valence-electron chi connectivity index (χ2n) is 6.02.